The Labute approximate surface area is 151 Å². The molecule has 0 aliphatic heterocycles. The SMILES string of the molecule is COc1cccc(-c2nc3ccccc3n2Cc2cccc(Cl)c2)c1. The van der Waals surface area contributed by atoms with Crippen molar-refractivity contribution in [2.24, 2.45) is 0 Å². The minimum atomic E-state index is 0.702. The fourth-order valence-corrected chi connectivity index (χ4v) is 3.25. The fourth-order valence-electron chi connectivity index (χ4n) is 3.04. The minimum Gasteiger partial charge on any atom is -0.497 e. The van der Waals surface area contributed by atoms with Crippen LogP contribution in [-0.4, -0.2) is 16.7 Å². The Bertz CT molecular complexity index is 1040. The second-order valence-corrected chi connectivity index (χ2v) is 6.31. The first-order chi connectivity index (χ1) is 12.2. The van der Waals surface area contributed by atoms with Crippen LogP contribution in [0.25, 0.3) is 22.4 Å². The Kier molecular flexibility index (Phi) is 4.16. The molecule has 1 aromatic heterocycles. The zero-order valence-corrected chi connectivity index (χ0v) is 14.6. The molecule has 0 spiro atoms. The standard InChI is InChI=1S/C21H17ClN2O/c1-25-18-9-5-7-16(13-18)21-23-19-10-2-3-11-20(19)24(21)14-15-6-4-8-17(22)12-15/h2-13H,14H2,1H3. The maximum Gasteiger partial charge on any atom is 0.141 e. The second kappa shape index (κ2) is 6.61. The number of hydrogen-bond donors (Lipinski definition) is 0. The van der Waals surface area contributed by atoms with E-state index in [4.69, 9.17) is 21.3 Å². The summed E-state index contributed by atoms with van der Waals surface area (Å²) in [6, 6.07) is 24.1. The number of methoxy groups -OCH3 is 1. The van der Waals surface area contributed by atoms with Crippen molar-refractivity contribution in [1.29, 1.82) is 0 Å². The molecule has 0 aliphatic carbocycles. The van der Waals surface area contributed by atoms with Crippen LogP contribution >= 0.6 is 11.6 Å². The second-order valence-electron chi connectivity index (χ2n) is 5.87. The van der Waals surface area contributed by atoms with Gasteiger partial charge in [-0.2, -0.15) is 0 Å². The van der Waals surface area contributed by atoms with Gasteiger partial charge < -0.3 is 9.30 Å². The van der Waals surface area contributed by atoms with Crippen molar-refractivity contribution in [2.45, 2.75) is 6.54 Å². The molecule has 0 bridgehead atoms. The van der Waals surface area contributed by atoms with Crippen LogP contribution in [0.15, 0.2) is 72.8 Å². The summed E-state index contributed by atoms with van der Waals surface area (Å²) < 4.78 is 7.59. The third kappa shape index (κ3) is 3.11. The molecule has 124 valence electrons. The van der Waals surface area contributed by atoms with E-state index >= 15 is 0 Å². The van der Waals surface area contributed by atoms with Crippen molar-refractivity contribution in [3.63, 3.8) is 0 Å². The van der Waals surface area contributed by atoms with Crippen LogP contribution < -0.4 is 4.74 Å². The zero-order valence-electron chi connectivity index (χ0n) is 13.8. The van der Waals surface area contributed by atoms with Crippen LogP contribution in [0, 0.1) is 0 Å². The molecule has 3 aromatic carbocycles. The summed E-state index contributed by atoms with van der Waals surface area (Å²) in [5, 5.41) is 0.741. The lowest BCUT2D eigenvalue weighted by Gasteiger charge is -2.11. The van der Waals surface area contributed by atoms with E-state index in [0.29, 0.717) is 6.54 Å². The Morgan fingerprint density at radius 3 is 2.64 bits per heavy atom. The van der Waals surface area contributed by atoms with Crippen molar-refractivity contribution >= 4 is 22.6 Å². The normalized spacial score (nSPS) is 11.0. The van der Waals surface area contributed by atoms with Crippen LogP contribution in [0.3, 0.4) is 0 Å². The summed E-state index contributed by atoms with van der Waals surface area (Å²) in [7, 11) is 1.67. The number of benzene rings is 3. The van der Waals surface area contributed by atoms with Gasteiger partial charge in [-0.3, -0.25) is 0 Å². The minimum absolute atomic E-state index is 0.702. The molecule has 4 rings (SSSR count). The highest BCUT2D eigenvalue weighted by Gasteiger charge is 2.13. The third-order valence-corrected chi connectivity index (χ3v) is 4.45. The van der Waals surface area contributed by atoms with Gasteiger partial charge in [-0.15, -0.1) is 0 Å². The molecule has 0 N–H and O–H groups in total. The summed E-state index contributed by atoms with van der Waals surface area (Å²) in [4.78, 5) is 4.85. The van der Waals surface area contributed by atoms with Crippen molar-refractivity contribution in [3.8, 4) is 17.1 Å². The largest absolute Gasteiger partial charge is 0.497 e. The van der Waals surface area contributed by atoms with Crippen molar-refractivity contribution in [1.82, 2.24) is 9.55 Å². The Balaban J connectivity index is 1.88. The Morgan fingerprint density at radius 1 is 0.960 bits per heavy atom. The molecule has 0 atom stereocenters. The van der Waals surface area contributed by atoms with Gasteiger partial charge in [-0.05, 0) is 42.0 Å². The number of hydrogen-bond acceptors (Lipinski definition) is 2. The van der Waals surface area contributed by atoms with Gasteiger partial charge in [0.15, 0.2) is 0 Å². The number of halogens is 1. The van der Waals surface area contributed by atoms with Crippen molar-refractivity contribution in [3.05, 3.63) is 83.4 Å². The van der Waals surface area contributed by atoms with Gasteiger partial charge in [-0.1, -0.05) is 48.0 Å². The predicted molar refractivity (Wildman–Crippen MR) is 102 cm³/mol. The quantitative estimate of drug-likeness (QED) is 0.492. The number of para-hydroxylation sites is 2. The molecular formula is C21H17ClN2O. The number of aromatic nitrogens is 2. The summed E-state index contributed by atoms with van der Waals surface area (Å²) in [6.07, 6.45) is 0. The highest BCUT2D eigenvalue weighted by Crippen LogP contribution is 2.28. The molecule has 0 fully saturated rings. The van der Waals surface area contributed by atoms with Crippen molar-refractivity contribution < 1.29 is 4.74 Å². The van der Waals surface area contributed by atoms with Gasteiger partial charge in [0.05, 0.1) is 18.1 Å². The summed E-state index contributed by atoms with van der Waals surface area (Å²) in [5.74, 6) is 1.74. The van der Waals surface area contributed by atoms with Gasteiger partial charge in [0.2, 0.25) is 0 Å². The summed E-state index contributed by atoms with van der Waals surface area (Å²) >= 11 is 6.16. The van der Waals surface area contributed by atoms with Crippen LogP contribution in [0.5, 0.6) is 5.75 Å². The maximum atomic E-state index is 6.16. The number of nitrogens with zero attached hydrogens (tertiary/aromatic N) is 2. The van der Waals surface area contributed by atoms with E-state index in [0.717, 1.165) is 38.8 Å². The number of fused-ring (bicyclic) bond motifs is 1. The first-order valence-electron chi connectivity index (χ1n) is 8.09. The van der Waals surface area contributed by atoms with Gasteiger partial charge in [0, 0.05) is 17.1 Å². The average molecular weight is 349 g/mol. The lowest BCUT2D eigenvalue weighted by atomic mass is 10.2. The smallest absolute Gasteiger partial charge is 0.141 e. The molecule has 0 unspecified atom stereocenters. The molecule has 0 saturated carbocycles. The maximum absolute atomic E-state index is 6.16. The molecule has 0 radical (unpaired) electrons. The Morgan fingerprint density at radius 2 is 1.80 bits per heavy atom. The molecule has 4 heteroatoms. The van der Waals surface area contributed by atoms with E-state index in [-0.39, 0.29) is 0 Å². The first-order valence-corrected chi connectivity index (χ1v) is 8.46. The van der Waals surface area contributed by atoms with Gasteiger partial charge in [0.25, 0.3) is 0 Å². The van der Waals surface area contributed by atoms with E-state index in [1.54, 1.807) is 7.11 Å². The predicted octanol–water partition coefficient (Wildman–Crippen LogP) is 5.41. The lowest BCUT2D eigenvalue weighted by molar-refractivity contribution is 0.415. The molecule has 4 aromatic rings. The van der Waals surface area contributed by atoms with Gasteiger partial charge >= 0.3 is 0 Å². The molecule has 25 heavy (non-hydrogen) atoms. The average Bonchev–Trinajstić information content (AvgIpc) is 3.00. The Hall–Kier alpha value is -2.78. The summed E-state index contributed by atoms with van der Waals surface area (Å²) in [5.41, 5.74) is 4.24. The highest BCUT2D eigenvalue weighted by molar-refractivity contribution is 6.30. The number of ether oxygens (including phenoxy) is 1. The van der Waals surface area contributed by atoms with E-state index in [2.05, 4.69) is 22.8 Å². The van der Waals surface area contributed by atoms with E-state index < -0.39 is 0 Å². The van der Waals surface area contributed by atoms with E-state index in [9.17, 15) is 0 Å². The van der Waals surface area contributed by atoms with Crippen LogP contribution in [0.4, 0.5) is 0 Å². The van der Waals surface area contributed by atoms with Crippen LogP contribution in [0.1, 0.15) is 5.56 Å². The molecule has 1 heterocycles. The molecule has 0 aliphatic rings. The molecule has 0 saturated heterocycles. The summed E-state index contributed by atoms with van der Waals surface area (Å²) in [6.45, 7) is 0.702. The number of rotatable bonds is 4. The van der Waals surface area contributed by atoms with E-state index in [1.165, 1.54) is 0 Å². The van der Waals surface area contributed by atoms with Crippen LogP contribution in [-0.2, 0) is 6.54 Å². The molecule has 0 amide bonds. The van der Waals surface area contributed by atoms with E-state index in [1.807, 2.05) is 54.6 Å². The molecular weight excluding hydrogens is 332 g/mol. The lowest BCUT2D eigenvalue weighted by Crippen LogP contribution is -2.02. The first kappa shape index (κ1) is 15.7. The highest BCUT2D eigenvalue weighted by atomic mass is 35.5. The van der Waals surface area contributed by atoms with Gasteiger partial charge in [0.1, 0.15) is 11.6 Å². The third-order valence-electron chi connectivity index (χ3n) is 4.21. The zero-order chi connectivity index (χ0) is 17.2. The topological polar surface area (TPSA) is 27.1 Å². The monoisotopic (exact) mass is 348 g/mol. The molecule has 3 nitrogen and oxygen atoms in total. The number of imidazole rings is 1. The van der Waals surface area contributed by atoms with Gasteiger partial charge in [-0.25, -0.2) is 4.98 Å². The van der Waals surface area contributed by atoms with Crippen LogP contribution in [0.2, 0.25) is 5.02 Å². The fraction of sp³-hybridized carbons (Fsp3) is 0.0952. The van der Waals surface area contributed by atoms with Crippen molar-refractivity contribution in [2.75, 3.05) is 7.11 Å².